The van der Waals surface area contributed by atoms with Crippen molar-refractivity contribution in [3.05, 3.63) is 47.5 Å². The van der Waals surface area contributed by atoms with Gasteiger partial charge in [0.25, 0.3) is 0 Å². The van der Waals surface area contributed by atoms with Crippen LogP contribution in [0.25, 0.3) is 22.0 Å². The molecule has 5 heteroatoms. The summed E-state index contributed by atoms with van der Waals surface area (Å²) in [5.74, 6) is 0.560. The molecule has 0 amide bonds. The second kappa shape index (κ2) is 6.20. The molecule has 0 bridgehead atoms. The molecule has 0 radical (unpaired) electrons. The molecule has 0 saturated carbocycles. The van der Waals surface area contributed by atoms with Crippen molar-refractivity contribution in [1.82, 2.24) is 9.55 Å². The largest absolute Gasteiger partial charge is 0.476 e. The van der Waals surface area contributed by atoms with Crippen molar-refractivity contribution in [1.29, 1.82) is 0 Å². The molecule has 0 saturated heterocycles. The van der Waals surface area contributed by atoms with E-state index in [0.717, 1.165) is 22.0 Å². The van der Waals surface area contributed by atoms with Crippen LogP contribution in [0.4, 0.5) is 4.39 Å². The minimum absolute atomic E-state index is 0.263. The van der Waals surface area contributed by atoms with Crippen molar-refractivity contribution in [2.45, 2.75) is 13.8 Å². The molecule has 0 atom stereocenters. The second-order valence-corrected chi connectivity index (χ2v) is 6.44. The molecule has 23 heavy (non-hydrogen) atoms. The fourth-order valence-corrected chi connectivity index (χ4v) is 2.74. The Morgan fingerprint density at radius 3 is 2.78 bits per heavy atom. The van der Waals surface area contributed by atoms with Gasteiger partial charge < -0.3 is 9.30 Å². The van der Waals surface area contributed by atoms with E-state index < -0.39 is 0 Å². The standard InChI is InChI=1S/C18H18ClFN2O/c1-11(2)10-23-18-16(19)6-12(8-21-18)15-9-22(3)17-5-4-13(20)7-14(15)17/h4-9,11H,10H2,1-3H3. The van der Waals surface area contributed by atoms with Gasteiger partial charge in [-0.05, 0) is 30.2 Å². The predicted octanol–water partition coefficient (Wildman–Crippen LogP) is 5.07. The first-order valence-electron chi connectivity index (χ1n) is 7.49. The molecule has 0 spiro atoms. The van der Waals surface area contributed by atoms with Gasteiger partial charge in [-0.15, -0.1) is 0 Å². The summed E-state index contributed by atoms with van der Waals surface area (Å²) in [4.78, 5) is 4.31. The molecular weight excluding hydrogens is 315 g/mol. The molecule has 0 unspecified atom stereocenters. The van der Waals surface area contributed by atoms with E-state index in [-0.39, 0.29) is 5.82 Å². The number of hydrogen-bond acceptors (Lipinski definition) is 2. The smallest absolute Gasteiger partial charge is 0.232 e. The Labute approximate surface area is 139 Å². The third-order valence-electron chi connectivity index (χ3n) is 3.62. The number of fused-ring (bicyclic) bond motifs is 1. The lowest BCUT2D eigenvalue weighted by Crippen LogP contribution is -2.06. The van der Waals surface area contributed by atoms with Crippen molar-refractivity contribution in [3.8, 4) is 17.0 Å². The van der Waals surface area contributed by atoms with E-state index in [2.05, 4.69) is 18.8 Å². The van der Waals surface area contributed by atoms with Gasteiger partial charge in [0.1, 0.15) is 10.8 Å². The van der Waals surface area contributed by atoms with E-state index in [0.29, 0.717) is 23.4 Å². The van der Waals surface area contributed by atoms with Crippen molar-refractivity contribution in [3.63, 3.8) is 0 Å². The average molecular weight is 333 g/mol. The number of benzene rings is 1. The van der Waals surface area contributed by atoms with Gasteiger partial charge in [-0.1, -0.05) is 25.4 Å². The van der Waals surface area contributed by atoms with Crippen LogP contribution in [-0.2, 0) is 7.05 Å². The van der Waals surface area contributed by atoms with Crippen molar-refractivity contribution < 1.29 is 9.13 Å². The van der Waals surface area contributed by atoms with Crippen LogP contribution in [0.1, 0.15) is 13.8 Å². The Balaban J connectivity index is 2.02. The number of halogens is 2. The van der Waals surface area contributed by atoms with Gasteiger partial charge in [-0.25, -0.2) is 9.37 Å². The Bertz CT molecular complexity index is 858. The van der Waals surface area contributed by atoms with Gasteiger partial charge in [-0.2, -0.15) is 0 Å². The molecule has 1 aromatic carbocycles. The van der Waals surface area contributed by atoms with E-state index in [9.17, 15) is 4.39 Å². The molecule has 3 aromatic rings. The Hall–Kier alpha value is -2.07. The third kappa shape index (κ3) is 3.17. The summed E-state index contributed by atoms with van der Waals surface area (Å²) in [5, 5.41) is 1.29. The molecule has 0 aliphatic rings. The highest BCUT2D eigenvalue weighted by atomic mass is 35.5. The number of nitrogens with zero attached hydrogens (tertiary/aromatic N) is 2. The highest BCUT2D eigenvalue weighted by Gasteiger charge is 2.13. The van der Waals surface area contributed by atoms with E-state index in [1.54, 1.807) is 12.3 Å². The zero-order chi connectivity index (χ0) is 16.6. The molecule has 3 rings (SSSR count). The third-order valence-corrected chi connectivity index (χ3v) is 3.89. The van der Waals surface area contributed by atoms with E-state index >= 15 is 0 Å². The van der Waals surface area contributed by atoms with Crippen molar-refractivity contribution in [2.75, 3.05) is 6.61 Å². The Kier molecular flexibility index (Phi) is 4.26. The molecule has 0 aliphatic carbocycles. The summed E-state index contributed by atoms with van der Waals surface area (Å²) in [6, 6.07) is 6.56. The molecule has 2 heterocycles. The van der Waals surface area contributed by atoms with Crippen LogP contribution < -0.4 is 4.74 Å². The zero-order valence-corrected chi connectivity index (χ0v) is 14.1. The van der Waals surface area contributed by atoms with E-state index in [1.165, 1.54) is 12.1 Å². The lowest BCUT2D eigenvalue weighted by Gasteiger charge is -2.10. The summed E-state index contributed by atoms with van der Waals surface area (Å²) in [7, 11) is 1.93. The fraction of sp³-hybridized carbons (Fsp3) is 0.278. The van der Waals surface area contributed by atoms with E-state index in [1.807, 2.05) is 23.9 Å². The molecular formula is C18H18ClFN2O. The van der Waals surface area contributed by atoms with Gasteiger partial charge in [0.05, 0.1) is 6.61 Å². The molecule has 120 valence electrons. The lowest BCUT2D eigenvalue weighted by atomic mass is 10.1. The number of ether oxygens (including phenoxy) is 1. The Morgan fingerprint density at radius 2 is 2.09 bits per heavy atom. The van der Waals surface area contributed by atoms with Crippen molar-refractivity contribution in [2.24, 2.45) is 13.0 Å². The maximum atomic E-state index is 13.6. The highest BCUT2D eigenvalue weighted by Crippen LogP contribution is 2.34. The first-order chi connectivity index (χ1) is 11.0. The van der Waals surface area contributed by atoms with Crippen molar-refractivity contribution >= 4 is 22.5 Å². The predicted molar refractivity (Wildman–Crippen MR) is 91.5 cm³/mol. The van der Waals surface area contributed by atoms with Gasteiger partial charge in [0.2, 0.25) is 5.88 Å². The van der Waals surface area contributed by atoms with Crippen LogP contribution in [0.3, 0.4) is 0 Å². The van der Waals surface area contributed by atoms with Crippen LogP contribution in [0.15, 0.2) is 36.7 Å². The van der Waals surface area contributed by atoms with E-state index in [4.69, 9.17) is 16.3 Å². The van der Waals surface area contributed by atoms with Crippen LogP contribution in [0.2, 0.25) is 5.02 Å². The molecule has 0 fully saturated rings. The lowest BCUT2D eigenvalue weighted by molar-refractivity contribution is 0.261. The minimum Gasteiger partial charge on any atom is -0.476 e. The summed E-state index contributed by atoms with van der Waals surface area (Å²) >= 11 is 6.28. The SMILES string of the molecule is CC(C)COc1ncc(-c2cn(C)c3ccc(F)cc23)cc1Cl. The van der Waals surface area contributed by atoms with Crippen LogP contribution in [-0.4, -0.2) is 16.2 Å². The monoisotopic (exact) mass is 332 g/mol. The summed E-state index contributed by atoms with van der Waals surface area (Å²) in [6.07, 6.45) is 3.66. The zero-order valence-electron chi connectivity index (χ0n) is 13.3. The maximum Gasteiger partial charge on any atom is 0.232 e. The second-order valence-electron chi connectivity index (χ2n) is 6.03. The molecule has 3 nitrogen and oxygen atoms in total. The van der Waals surface area contributed by atoms with Crippen LogP contribution in [0, 0.1) is 11.7 Å². The number of aryl methyl sites for hydroxylation is 1. The summed E-state index contributed by atoms with van der Waals surface area (Å²) in [5.41, 5.74) is 2.69. The summed E-state index contributed by atoms with van der Waals surface area (Å²) < 4.78 is 21.1. The average Bonchev–Trinajstić information content (AvgIpc) is 2.82. The maximum absolute atomic E-state index is 13.6. The highest BCUT2D eigenvalue weighted by molar-refractivity contribution is 6.32. The van der Waals surface area contributed by atoms with Crippen LogP contribution >= 0.6 is 11.6 Å². The first kappa shape index (κ1) is 15.8. The summed E-state index contributed by atoms with van der Waals surface area (Å²) in [6.45, 7) is 4.69. The number of rotatable bonds is 4. The fourth-order valence-electron chi connectivity index (χ4n) is 2.52. The molecule has 0 aliphatic heterocycles. The minimum atomic E-state index is -0.263. The quantitative estimate of drug-likeness (QED) is 0.667. The Morgan fingerprint density at radius 1 is 1.30 bits per heavy atom. The van der Waals surface area contributed by atoms with Gasteiger partial charge >= 0.3 is 0 Å². The number of hydrogen-bond donors (Lipinski definition) is 0. The normalized spacial score (nSPS) is 11.4. The molecule has 2 aromatic heterocycles. The molecule has 0 N–H and O–H groups in total. The van der Waals surface area contributed by atoms with Crippen LogP contribution in [0.5, 0.6) is 5.88 Å². The first-order valence-corrected chi connectivity index (χ1v) is 7.87. The number of pyridine rings is 1. The van der Waals surface area contributed by atoms with Gasteiger partial charge in [-0.3, -0.25) is 0 Å². The van der Waals surface area contributed by atoms with Gasteiger partial charge in [0, 0.05) is 41.5 Å². The number of aromatic nitrogens is 2. The topological polar surface area (TPSA) is 27.1 Å². The van der Waals surface area contributed by atoms with Gasteiger partial charge in [0.15, 0.2) is 0 Å².